The summed E-state index contributed by atoms with van der Waals surface area (Å²) < 4.78 is 10.5. The van der Waals surface area contributed by atoms with E-state index >= 15 is 0 Å². The van der Waals surface area contributed by atoms with Gasteiger partial charge in [0.2, 0.25) is 17.6 Å². The lowest BCUT2D eigenvalue weighted by Crippen LogP contribution is -2.49. The fourth-order valence-corrected chi connectivity index (χ4v) is 3.42. The van der Waals surface area contributed by atoms with E-state index in [0.717, 1.165) is 25.7 Å². The van der Waals surface area contributed by atoms with E-state index in [9.17, 15) is 9.59 Å². The largest absolute Gasteiger partial charge is 0.493 e. The maximum absolute atomic E-state index is 12.6. The first-order chi connectivity index (χ1) is 14.4. The third kappa shape index (κ3) is 4.87. The molecule has 1 aromatic carbocycles. The smallest absolute Gasteiger partial charge is 0.246 e. The van der Waals surface area contributed by atoms with Crippen molar-refractivity contribution in [2.45, 2.75) is 51.2 Å². The van der Waals surface area contributed by atoms with Gasteiger partial charge in [0.05, 0.1) is 14.2 Å². The van der Waals surface area contributed by atoms with Crippen LogP contribution in [0.4, 0.5) is 0 Å². The van der Waals surface area contributed by atoms with Crippen molar-refractivity contribution in [2.75, 3.05) is 21.3 Å². The molecule has 0 aliphatic heterocycles. The number of tetrazole rings is 1. The number of benzene rings is 1. The van der Waals surface area contributed by atoms with Crippen LogP contribution >= 0.6 is 0 Å². The Kier molecular flexibility index (Phi) is 6.86. The van der Waals surface area contributed by atoms with Gasteiger partial charge in [-0.2, -0.15) is 4.80 Å². The lowest BCUT2D eigenvalue weighted by molar-refractivity contribution is -0.139. The molecule has 1 aliphatic carbocycles. The number of hydrogen-bond acceptors (Lipinski definition) is 7. The number of ether oxygens (including phenoxy) is 2. The van der Waals surface area contributed by atoms with E-state index in [1.807, 2.05) is 0 Å². The van der Waals surface area contributed by atoms with Gasteiger partial charge in [0, 0.05) is 18.7 Å². The van der Waals surface area contributed by atoms with Crippen LogP contribution in [0.5, 0.6) is 11.5 Å². The first-order valence-corrected chi connectivity index (χ1v) is 9.99. The molecule has 0 saturated heterocycles. The molecule has 1 unspecified atom stereocenters. The van der Waals surface area contributed by atoms with Crippen LogP contribution in [0, 0.1) is 0 Å². The average Bonchev–Trinajstić information content (AvgIpc) is 3.44. The minimum absolute atomic E-state index is 0.113. The Bertz CT molecular complexity index is 893. The molecular weight excluding hydrogens is 388 g/mol. The van der Waals surface area contributed by atoms with Gasteiger partial charge in [0.15, 0.2) is 11.5 Å². The molecule has 10 heteroatoms. The summed E-state index contributed by atoms with van der Waals surface area (Å²) in [4.78, 5) is 27.6. The predicted molar refractivity (Wildman–Crippen MR) is 109 cm³/mol. The predicted octanol–water partition coefficient (Wildman–Crippen LogP) is 1.26. The molecule has 1 aliphatic rings. The average molecular weight is 416 g/mol. The van der Waals surface area contributed by atoms with E-state index in [-0.39, 0.29) is 24.4 Å². The summed E-state index contributed by atoms with van der Waals surface area (Å²) in [5.41, 5.74) is 0.684. The molecule has 1 N–H and O–H groups in total. The molecule has 0 bridgehead atoms. The Labute approximate surface area is 175 Å². The van der Waals surface area contributed by atoms with E-state index in [2.05, 4.69) is 20.7 Å². The third-order valence-corrected chi connectivity index (χ3v) is 5.43. The topological polar surface area (TPSA) is 111 Å². The van der Waals surface area contributed by atoms with Crippen molar-refractivity contribution < 1.29 is 19.1 Å². The highest BCUT2D eigenvalue weighted by Crippen LogP contribution is 2.30. The van der Waals surface area contributed by atoms with E-state index in [4.69, 9.17) is 9.47 Å². The number of nitrogens with zero attached hydrogens (tertiary/aromatic N) is 5. The number of carbonyl (C=O) groups is 2. The van der Waals surface area contributed by atoms with Crippen molar-refractivity contribution in [3.8, 4) is 22.9 Å². The Morgan fingerprint density at radius 1 is 1.23 bits per heavy atom. The summed E-state index contributed by atoms with van der Waals surface area (Å²) in [6, 6.07) is 4.91. The van der Waals surface area contributed by atoms with Gasteiger partial charge in [-0.15, -0.1) is 10.2 Å². The first kappa shape index (κ1) is 21.5. The number of likely N-dealkylation sites (N-methyl/N-ethyl adjacent to an activating group) is 1. The zero-order valence-electron chi connectivity index (χ0n) is 17.8. The second-order valence-corrected chi connectivity index (χ2v) is 7.38. The minimum atomic E-state index is -0.577. The quantitative estimate of drug-likeness (QED) is 0.690. The first-order valence-electron chi connectivity index (χ1n) is 9.99. The van der Waals surface area contributed by atoms with E-state index in [1.165, 1.54) is 9.70 Å². The zero-order chi connectivity index (χ0) is 21.7. The van der Waals surface area contributed by atoms with Crippen molar-refractivity contribution in [3.63, 3.8) is 0 Å². The standard InChI is InChI=1S/C20H28N6O4/c1-13(20(28)21-15-7-5-6-8-15)25(2)18(27)12-26-23-19(22-24-26)14-9-10-16(29-3)17(11-14)30-4/h9-11,13,15H,5-8,12H2,1-4H3,(H,21,28). The summed E-state index contributed by atoms with van der Waals surface area (Å²) in [6.45, 7) is 1.60. The summed E-state index contributed by atoms with van der Waals surface area (Å²) in [6.07, 6.45) is 4.26. The molecule has 10 nitrogen and oxygen atoms in total. The number of aromatic nitrogens is 4. The van der Waals surface area contributed by atoms with E-state index in [0.29, 0.717) is 22.9 Å². The molecule has 1 saturated carbocycles. The second kappa shape index (κ2) is 9.55. The van der Waals surface area contributed by atoms with Crippen molar-refractivity contribution in [3.05, 3.63) is 18.2 Å². The fraction of sp³-hybridized carbons (Fsp3) is 0.550. The SMILES string of the molecule is COc1ccc(-c2nnn(CC(=O)N(C)C(C)C(=O)NC3CCCC3)n2)cc1OC. The lowest BCUT2D eigenvalue weighted by Gasteiger charge is -2.25. The van der Waals surface area contributed by atoms with Crippen LogP contribution < -0.4 is 14.8 Å². The number of amides is 2. The molecular formula is C20H28N6O4. The Hall–Kier alpha value is -3.17. The molecule has 1 atom stereocenters. The highest BCUT2D eigenvalue weighted by atomic mass is 16.5. The van der Waals surface area contributed by atoms with Crippen LogP contribution in [0.25, 0.3) is 11.4 Å². The fourth-order valence-electron chi connectivity index (χ4n) is 3.42. The summed E-state index contributed by atoms with van der Waals surface area (Å²) in [7, 11) is 4.71. The van der Waals surface area contributed by atoms with Crippen LogP contribution in [0.2, 0.25) is 0 Å². The maximum atomic E-state index is 12.6. The van der Waals surface area contributed by atoms with Gasteiger partial charge >= 0.3 is 0 Å². The molecule has 0 spiro atoms. The minimum Gasteiger partial charge on any atom is -0.493 e. The van der Waals surface area contributed by atoms with Crippen molar-refractivity contribution in [2.24, 2.45) is 0 Å². The van der Waals surface area contributed by atoms with Gasteiger partial charge in [-0.05, 0) is 43.2 Å². The Morgan fingerprint density at radius 2 is 1.93 bits per heavy atom. The van der Waals surface area contributed by atoms with Crippen LogP contribution in [0.3, 0.4) is 0 Å². The van der Waals surface area contributed by atoms with Gasteiger partial charge in [-0.1, -0.05) is 12.8 Å². The van der Waals surface area contributed by atoms with Crippen molar-refractivity contribution >= 4 is 11.8 Å². The van der Waals surface area contributed by atoms with Crippen LogP contribution in [-0.4, -0.2) is 70.3 Å². The van der Waals surface area contributed by atoms with Crippen molar-refractivity contribution in [1.29, 1.82) is 0 Å². The molecule has 2 amide bonds. The molecule has 1 aromatic heterocycles. The van der Waals surface area contributed by atoms with Gasteiger partial charge in [-0.25, -0.2) is 0 Å². The zero-order valence-corrected chi connectivity index (χ0v) is 17.8. The number of rotatable bonds is 8. The second-order valence-electron chi connectivity index (χ2n) is 7.38. The highest BCUT2D eigenvalue weighted by Gasteiger charge is 2.26. The van der Waals surface area contributed by atoms with Gasteiger partial charge < -0.3 is 19.7 Å². The van der Waals surface area contributed by atoms with Crippen LogP contribution in [0.15, 0.2) is 18.2 Å². The number of nitrogens with one attached hydrogen (secondary N) is 1. The molecule has 162 valence electrons. The van der Waals surface area contributed by atoms with E-state index < -0.39 is 6.04 Å². The van der Waals surface area contributed by atoms with Gasteiger partial charge in [0.1, 0.15) is 12.6 Å². The summed E-state index contributed by atoms with van der Waals surface area (Å²) in [5, 5.41) is 15.3. The number of hydrogen-bond donors (Lipinski definition) is 1. The molecule has 1 fully saturated rings. The van der Waals surface area contributed by atoms with E-state index in [1.54, 1.807) is 46.4 Å². The van der Waals surface area contributed by atoms with Gasteiger partial charge in [0.25, 0.3) is 0 Å². The number of carbonyl (C=O) groups excluding carboxylic acids is 2. The van der Waals surface area contributed by atoms with Crippen LogP contribution in [-0.2, 0) is 16.1 Å². The number of methoxy groups -OCH3 is 2. The Balaban J connectivity index is 1.62. The normalized spacial score (nSPS) is 14.9. The summed E-state index contributed by atoms with van der Waals surface area (Å²) >= 11 is 0. The lowest BCUT2D eigenvalue weighted by atomic mass is 10.2. The molecule has 3 rings (SSSR count). The maximum Gasteiger partial charge on any atom is 0.246 e. The summed E-state index contributed by atoms with van der Waals surface area (Å²) in [5.74, 6) is 1.08. The monoisotopic (exact) mass is 416 g/mol. The Morgan fingerprint density at radius 3 is 2.60 bits per heavy atom. The molecule has 1 heterocycles. The van der Waals surface area contributed by atoms with Crippen molar-refractivity contribution in [1.82, 2.24) is 30.4 Å². The van der Waals surface area contributed by atoms with Gasteiger partial charge in [-0.3, -0.25) is 9.59 Å². The highest BCUT2D eigenvalue weighted by molar-refractivity contribution is 5.87. The van der Waals surface area contributed by atoms with Crippen LogP contribution in [0.1, 0.15) is 32.6 Å². The molecule has 2 aromatic rings. The molecule has 30 heavy (non-hydrogen) atoms. The third-order valence-electron chi connectivity index (χ3n) is 5.43. The molecule has 0 radical (unpaired) electrons.